The first-order valence-electron chi connectivity index (χ1n) is 13.6. The van der Waals surface area contributed by atoms with E-state index in [0.29, 0.717) is 25.5 Å². The second-order valence-corrected chi connectivity index (χ2v) is 9.67. The average molecular weight is 505 g/mol. The van der Waals surface area contributed by atoms with Gasteiger partial charge in [0, 0.05) is 30.5 Å². The van der Waals surface area contributed by atoms with Crippen molar-refractivity contribution in [1.82, 2.24) is 15.8 Å². The number of pyridine rings is 1. The predicted octanol–water partition coefficient (Wildman–Crippen LogP) is 5.36. The van der Waals surface area contributed by atoms with Crippen LogP contribution < -0.4 is 16.1 Å². The van der Waals surface area contributed by atoms with Crippen LogP contribution in [0.5, 0.6) is 0 Å². The maximum absolute atomic E-state index is 12.9. The van der Waals surface area contributed by atoms with Gasteiger partial charge in [-0.05, 0) is 49.3 Å². The lowest BCUT2D eigenvalue weighted by atomic mass is 9.87. The van der Waals surface area contributed by atoms with Crippen LogP contribution in [0.1, 0.15) is 69.8 Å². The van der Waals surface area contributed by atoms with Crippen LogP contribution in [-0.4, -0.2) is 30.0 Å². The Hall–Kier alpha value is -3.44. The van der Waals surface area contributed by atoms with E-state index >= 15 is 0 Å². The van der Waals surface area contributed by atoms with E-state index in [1.54, 1.807) is 12.4 Å². The van der Waals surface area contributed by atoms with E-state index < -0.39 is 0 Å². The molecule has 0 spiro atoms. The number of rotatable bonds is 14. The summed E-state index contributed by atoms with van der Waals surface area (Å²) in [7, 11) is 0. The van der Waals surface area contributed by atoms with E-state index in [1.165, 1.54) is 32.1 Å². The fourth-order valence-electron chi connectivity index (χ4n) is 4.74. The Morgan fingerprint density at radius 1 is 1.08 bits per heavy atom. The first-order valence-corrected chi connectivity index (χ1v) is 13.6. The van der Waals surface area contributed by atoms with Gasteiger partial charge in [-0.3, -0.25) is 24.9 Å². The van der Waals surface area contributed by atoms with Gasteiger partial charge in [-0.15, -0.1) is 0 Å². The van der Waals surface area contributed by atoms with Crippen LogP contribution in [0.3, 0.4) is 0 Å². The quantitative estimate of drug-likeness (QED) is 0.0798. The van der Waals surface area contributed by atoms with Crippen molar-refractivity contribution in [2.75, 3.05) is 18.5 Å². The van der Waals surface area contributed by atoms with Gasteiger partial charge in [0.2, 0.25) is 11.9 Å². The molecular weight excluding hydrogens is 464 g/mol. The highest BCUT2D eigenvalue weighted by atomic mass is 16.6. The first-order chi connectivity index (χ1) is 18.2. The van der Waals surface area contributed by atoms with Crippen molar-refractivity contribution in [3.63, 3.8) is 0 Å². The number of hydroxylamine groups is 1. The number of hydrogen-bond acceptors (Lipinski definition) is 5. The van der Waals surface area contributed by atoms with Gasteiger partial charge in [0.05, 0.1) is 6.61 Å². The smallest absolute Gasteiger partial charge is 0.246 e. The zero-order valence-corrected chi connectivity index (χ0v) is 21.7. The Balaban J connectivity index is 1.41. The van der Waals surface area contributed by atoms with Crippen molar-refractivity contribution in [3.8, 4) is 6.19 Å². The SMILES string of the molecule is N#CNC(=NCCCCC[C@@H](Cc1ccccc1)C(=O)NOCCC1CCCCC1)Nc1ccncc1. The molecule has 1 saturated carbocycles. The summed E-state index contributed by atoms with van der Waals surface area (Å²) in [6.07, 6.45) is 17.1. The summed E-state index contributed by atoms with van der Waals surface area (Å²) in [6, 6.07) is 13.8. The summed E-state index contributed by atoms with van der Waals surface area (Å²) >= 11 is 0. The van der Waals surface area contributed by atoms with Crippen LogP contribution in [0.2, 0.25) is 0 Å². The predicted molar refractivity (Wildman–Crippen MR) is 146 cm³/mol. The van der Waals surface area contributed by atoms with E-state index in [-0.39, 0.29) is 11.8 Å². The van der Waals surface area contributed by atoms with Gasteiger partial charge in [-0.1, -0.05) is 75.3 Å². The van der Waals surface area contributed by atoms with E-state index in [4.69, 9.17) is 10.1 Å². The molecule has 1 fully saturated rings. The minimum atomic E-state index is -0.134. The van der Waals surface area contributed by atoms with Crippen molar-refractivity contribution in [3.05, 3.63) is 60.4 Å². The van der Waals surface area contributed by atoms with Crippen LogP contribution in [0, 0.1) is 23.3 Å². The lowest BCUT2D eigenvalue weighted by molar-refractivity contribution is -0.138. The normalized spacial score (nSPS) is 14.9. The van der Waals surface area contributed by atoms with Crippen molar-refractivity contribution in [1.29, 1.82) is 5.26 Å². The summed E-state index contributed by atoms with van der Waals surface area (Å²) in [5, 5.41) is 14.7. The molecular formula is C29H40N6O2. The second-order valence-electron chi connectivity index (χ2n) is 9.67. The number of aliphatic imine (C=N–C) groups is 1. The number of carbonyl (C=O) groups is 1. The number of nitriles is 1. The number of aromatic nitrogens is 1. The lowest BCUT2D eigenvalue weighted by Crippen LogP contribution is -2.32. The van der Waals surface area contributed by atoms with E-state index in [9.17, 15) is 4.79 Å². The average Bonchev–Trinajstić information content (AvgIpc) is 2.94. The zero-order chi connectivity index (χ0) is 26.0. The van der Waals surface area contributed by atoms with Crippen LogP contribution in [0.4, 0.5) is 5.69 Å². The largest absolute Gasteiger partial charge is 0.325 e. The van der Waals surface area contributed by atoms with Crippen molar-refractivity contribution in [2.24, 2.45) is 16.8 Å². The van der Waals surface area contributed by atoms with E-state index in [0.717, 1.165) is 49.3 Å². The Kier molecular flexibility index (Phi) is 13.0. The highest BCUT2D eigenvalue weighted by Crippen LogP contribution is 2.26. The Labute approximate surface area is 220 Å². The number of guanidine groups is 1. The molecule has 1 aromatic carbocycles. The maximum atomic E-state index is 12.9. The molecule has 2 aromatic rings. The summed E-state index contributed by atoms with van der Waals surface area (Å²) in [5.74, 6) is 0.981. The minimum absolute atomic E-state index is 0.0347. The molecule has 8 heteroatoms. The molecule has 0 radical (unpaired) electrons. The molecule has 37 heavy (non-hydrogen) atoms. The Bertz CT molecular complexity index is 971. The zero-order valence-electron chi connectivity index (χ0n) is 21.7. The topological polar surface area (TPSA) is 111 Å². The number of anilines is 1. The number of benzene rings is 1. The van der Waals surface area contributed by atoms with Gasteiger partial charge in [0.1, 0.15) is 0 Å². The fourth-order valence-corrected chi connectivity index (χ4v) is 4.74. The monoisotopic (exact) mass is 504 g/mol. The van der Waals surface area contributed by atoms with Crippen molar-refractivity contribution in [2.45, 2.75) is 70.6 Å². The van der Waals surface area contributed by atoms with Gasteiger partial charge >= 0.3 is 0 Å². The lowest BCUT2D eigenvalue weighted by Gasteiger charge is -2.21. The van der Waals surface area contributed by atoms with Gasteiger partial charge in [0.25, 0.3) is 0 Å². The third-order valence-corrected chi connectivity index (χ3v) is 6.82. The molecule has 0 unspecified atom stereocenters. The highest BCUT2D eigenvalue weighted by Gasteiger charge is 2.19. The summed E-state index contributed by atoms with van der Waals surface area (Å²) < 4.78 is 0. The second kappa shape index (κ2) is 17.1. The van der Waals surface area contributed by atoms with Crippen LogP contribution in [0.25, 0.3) is 0 Å². The van der Waals surface area contributed by atoms with E-state index in [2.05, 4.69) is 38.2 Å². The third-order valence-electron chi connectivity index (χ3n) is 6.82. The Morgan fingerprint density at radius 2 is 1.86 bits per heavy atom. The van der Waals surface area contributed by atoms with Crippen molar-refractivity contribution < 1.29 is 9.63 Å². The number of nitrogens with zero attached hydrogens (tertiary/aromatic N) is 3. The summed E-state index contributed by atoms with van der Waals surface area (Å²) in [4.78, 5) is 27.0. The van der Waals surface area contributed by atoms with Gasteiger partial charge < -0.3 is 5.32 Å². The van der Waals surface area contributed by atoms with Crippen LogP contribution in [-0.2, 0) is 16.1 Å². The van der Waals surface area contributed by atoms with Crippen LogP contribution in [0.15, 0.2) is 59.9 Å². The van der Waals surface area contributed by atoms with Gasteiger partial charge in [-0.2, -0.15) is 5.26 Å². The molecule has 1 atom stereocenters. The summed E-state index contributed by atoms with van der Waals surface area (Å²) in [5.41, 5.74) is 4.70. The number of carbonyl (C=O) groups excluding carboxylic acids is 1. The highest BCUT2D eigenvalue weighted by molar-refractivity contribution is 5.94. The number of hydrogen-bond donors (Lipinski definition) is 3. The standard InChI is InChI=1S/C29H40N6O2/c30-23-33-29(34-27-15-19-31-20-16-27)32-18-9-3-8-14-26(22-25-12-6-2-7-13-25)28(36)35-37-21-17-24-10-4-1-5-11-24/h2,6-7,12-13,15-16,19-20,24,26H,1,3-5,8-11,14,17-18,21-22H2,(H,35,36)(H2,31,32,33,34)/t26-/m0/s1. The minimum Gasteiger partial charge on any atom is -0.325 e. The molecule has 0 saturated heterocycles. The number of amides is 1. The molecule has 1 aromatic heterocycles. The summed E-state index contributed by atoms with van der Waals surface area (Å²) in [6.45, 7) is 1.17. The molecule has 1 heterocycles. The van der Waals surface area contributed by atoms with Crippen LogP contribution >= 0.6 is 0 Å². The molecule has 198 valence electrons. The maximum Gasteiger partial charge on any atom is 0.246 e. The van der Waals surface area contributed by atoms with Gasteiger partial charge in [-0.25, -0.2) is 5.48 Å². The molecule has 0 bridgehead atoms. The molecule has 1 aliphatic rings. The molecule has 3 rings (SSSR count). The molecule has 8 nitrogen and oxygen atoms in total. The number of nitrogens with one attached hydrogen (secondary N) is 3. The number of unbranched alkanes of at least 4 members (excludes halogenated alkanes) is 2. The first kappa shape index (κ1) is 28.1. The third kappa shape index (κ3) is 11.4. The van der Waals surface area contributed by atoms with Gasteiger partial charge in [0.15, 0.2) is 6.19 Å². The Morgan fingerprint density at radius 3 is 2.62 bits per heavy atom. The fraction of sp³-hybridized carbons (Fsp3) is 0.517. The van der Waals surface area contributed by atoms with E-state index in [1.807, 2.05) is 36.5 Å². The molecule has 1 amide bonds. The molecule has 3 N–H and O–H groups in total. The van der Waals surface area contributed by atoms with Crippen molar-refractivity contribution >= 4 is 17.6 Å². The molecule has 0 aliphatic heterocycles. The molecule has 1 aliphatic carbocycles.